The van der Waals surface area contributed by atoms with E-state index in [1.54, 1.807) is 0 Å². The van der Waals surface area contributed by atoms with Crippen LogP contribution in [0.1, 0.15) is 0 Å². The van der Waals surface area contributed by atoms with Crippen molar-refractivity contribution in [2.45, 2.75) is 19.6 Å². The van der Waals surface area contributed by atoms with Crippen LogP contribution in [0.5, 0.6) is 23.0 Å². The van der Waals surface area contributed by atoms with Crippen LogP contribution in [0.25, 0.3) is 55.0 Å². The Labute approximate surface area is 365 Å². The van der Waals surface area contributed by atoms with Crippen molar-refractivity contribution in [3.05, 3.63) is 182 Å². The minimum Gasteiger partial charge on any atom is -0.458 e. The van der Waals surface area contributed by atoms with E-state index in [2.05, 4.69) is 191 Å². The van der Waals surface area contributed by atoms with Crippen LogP contribution in [0.15, 0.2) is 202 Å². The van der Waals surface area contributed by atoms with E-state index in [0.29, 0.717) is 0 Å². The summed E-state index contributed by atoms with van der Waals surface area (Å²) in [4.78, 5) is 5.07. The molecule has 0 fully saturated rings. The lowest BCUT2D eigenvalue weighted by molar-refractivity contribution is 0.467. The van der Waals surface area contributed by atoms with Gasteiger partial charge >= 0.3 is 0 Å². The fourth-order valence-corrected chi connectivity index (χ4v) is 13.6. The van der Waals surface area contributed by atoms with Gasteiger partial charge < -0.3 is 18.6 Å². The van der Waals surface area contributed by atoms with Crippen molar-refractivity contribution < 1.29 is 9.47 Å². The molecule has 0 spiro atoms. The second-order valence-corrected chi connectivity index (χ2v) is 18.8. The van der Waals surface area contributed by atoms with Gasteiger partial charge in [-0.3, -0.25) is 0 Å². The lowest BCUT2D eigenvalue weighted by Gasteiger charge is -2.37. The summed E-state index contributed by atoms with van der Waals surface area (Å²) in [6, 6.07) is 66.3. The summed E-state index contributed by atoms with van der Waals surface area (Å²) in [5.41, 5.74) is 14.4. The maximum atomic E-state index is 7.41. The highest BCUT2D eigenvalue weighted by atomic mass is 32.2. The van der Waals surface area contributed by atoms with Gasteiger partial charge in [-0.1, -0.05) is 150 Å². The van der Waals surface area contributed by atoms with E-state index in [-0.39, 0.29) is 13.4 Å². The number of aromatic nitrogens is 2. The Bertz CT molecular complexity index is 3770. The zero-order valence-corrected chi connectivity index (χ0v) is 34.6. The third kappa shape index (κ3) is 4.38. The molecule has 0 radical (unpaired) electrons. The molecule has 2 aromatic heterocycles. The van der Waals surface area contributed by atoms with Crippen LogP contribution < -0.4 is 42.3 Å². The maximum absolute atomic E-state index is 7.41. The highest BCUT2D eigenvalue weighted by molar-refractivity contribution is 8.00. The molecule has 62 heavy (non-hydrogen) atoms. The van der Waals surface area contributed by atoms with Crippen LogP contribution in [-0.2, 0) is 0 Å². The van der Waals surface area contributed by atoms with Crippen LogP contribution in [0.3, 0.4) is 0 Å². The predicted molar refractivity (Wildman–Crippen MR) is 259 cm³/mol. The number of para-hydroxylation sites is 4. The molecule has 4 nitrogen and oxygen atoms in total. The van der Waals surface area contributed by atoms with Gasteiger partial charge in [-0.25, -0.2) is 0 Å². The van der Waals surface area contributed by atoms with Gasteiger partial charge in [-0.15, -0.1) is 0 Å². The van der Waals surface area contributed by atoms with Crippen LogP contribution in [-0.4, -0.2) is 22.6 Å². The van der Waals surface area contributed by atoms with Crippen molar-refractivity contribution in [2.75, 3.05) is 0 Å². The van der Waals surface area contributed by atoms with Crippen LogP contribution in [0, 0.1) is 0 Å². The molecule has 0 saturated heterocycles. The van der Waals surface area contributed by atoms with Gasteiger partial charge in [0.15, 0.2) is 0 Å². The molecule has 0 unspecified atom stereocenters. The summed E-state index contributed by atoms with van der Waals surface area (Å²) in [5, 5.41) is 4.85. The van der Waals surface area contributed by atoms with E-state index < -0.39 is 0 Å². The Kier molecular flexibility index (Phi) is 6.69. The third-order valence-corrected chi connectivity index (χ3v) is 15.9. The van der Waals surface area contributed by atoms with E-state index in [9.17, 15) is 0 Å². The van der Waals surface area contributed by atoms with Gasteiger partial charge in [0.2, 0.25) is 0 Å². The Hall–Kier alpha value is -6.99. The first-order chi connectivity index (χ1) is 30.8. The lowest BCUT2D eigenvalue weighted by Crippen LogP contribution is -2.61. The lowest BCUT2D eigenvalue weighted by atomic mass is 9.32. The normalized spacial score (nSPS) is 13.9. The standard InChI is InChI=1S/C54H30B2N2O2S2/c1-3-15-31(16-4-1)57-40-24-12-8-20-34(40)50-41(57)28-45-51-54(50)62-47-26-14-10-22-36(47)55(51)37-27-38-44(30-43(37)59-45)60-53-49-33-19-7-11-23-39(33)58(32-17-5-2-6-18-32)42(49)29-48-52(53)56(38)35-21-9-13-25-46(35)61-48/h1-30H. The molecule has 6 heterocycles. The number of rotatable bonds is 2. The number of fused-ring (bicyclic) bond motifs is 16. The fourth-order valence-electron chi connectivity index (χ4n) is 11.1. The van der Waals surface area contributed by atoms with Crippen molar-refractivity contribution in [1.29, 1.82) is 0 Å². The number of nitrogens with zero attached hydrogens (tertiary/aromatic N) is 2. The largest absolute Gasteiger partial charge is 0.458 e. The van der Waals surface area contributed by atoms with Crippen LogP contribution in [0.4, 0.5) is 0 Å². The molecule has 0 saturated carbocycles. The average Bonchev–Trinajstić information content (AvgIpc) is 3.84. The third-order valence-electron chi connectivity index (χ3n) is 13.5. The number of hydrogen-bond donors (Lipinski definition) is 0. The summed E-state index contributed by atoms with van der Waals surface area (Å²) in [7, 11) is 0. The van der Waals surface area contributed by atoms with Gasteiger partial charge in [0.05, 0.1) is 27.5 Å². The summed E-state index contributed by atoms with van der Waals surface area (Å²) in [6.45, 7) is -0.0368. The molecule has 0 atom stereocenters. The molecule has 0 aliphatic carbocycles. The first kappa shape index (κ1) is 33.7. The topological polar surface area (TPSA) is 28.3 Å². The maximum Gasteiger partial charge on any atom is 0.253 e. The number of ether oxygens (including phenoxy) is 2. The molecule has 15 rings (SSSR count). The minimum absolute atomic E-state index is 0.0184. The second kappa shape index (κ2) is 12.3. The van der Waals surface area contributed by atoms with E-state index in [4.69, 9.17) is 9.47 Å². The zero-order chi connectivity index (χ0) is 40.2. The smallest absolute Gasteiger partial charge is 0.253 e. The summed E-state index contributed by atoms with van der Waals surface area (Å²) in [5.74, 6) is 3.53. The zero-order valence-electron chi connectivity index (χ0n) is 33.0. The summed E-state index contributed by atoms with van der Waals surface area (Å²) in [6.07, 6.45) is 0. The molecule has 0 bridgehead atoms. The molecule has 11 aromatic rings. The molecule has 4 aliphatic rings. The molecule has 8 heteroatoms. The van der Waals surface area contributed by atoms with Gasteiger partial charge in [-0.05, 0) is 76.4 Å². The van der Waals surface area contributed by atoms with Gasteiger partial charge in [0.25, 0.3) is 13.4 Å². The quantitative estimate of drug-likeness (QED) is 0.162. The highest BCUT2D eigenvalue weighted by Gasteiger charge is 2.45. The van der Waals surface area contributed by atoms with Crippen LogP contribution in [0.2, 0.25) is 0 Å². The highest BCUT2D eigenvalue weighted by Crippen LogP contribution is 2.48. The van der Waals surface area contributed by atoms with Crippen molar-refractivity contribution in [2.24, 2.45) is 0 Å². The Morgan fingerprint density at radius 2 is 0.903 bits per heavy atom. The van der Waals surface area contributed by atoms with Crippen LogP contribution >= 0.6 is 23.5 Å². The van der Waals surface area contributed by atoms with E-state index >= 15 is 0 Å². The molecular weight excluding hydrogens is 794 g/mol. The molecule has 4 aliphatic heterocycles. The summed E-state index contributed by atoms with van der Waals surface area (Å²) < 4.78 is 19.5. The van der Waals surface area contributed by atoms with Gasteiger partial charge in [0, 0.05) is 59.2 Å². The first-order valence-corrected chi connectivity index (χ1v) is 22.8. The minimum atomic E-state index is -0.0184. The predicted octanol–water partition coefficient (Wildman–Crippen LogP) is 10.1. The second-order valence-electron chi connectivity index (χ2n) is 16.7. The first-order valence-electron chi connectivity index (χ1n) is 21.1. The van der Waals surface area contributed by atoms with E-state index in [1.807, 2.05) is 23.5 Å². The summed E-state index contributed by atoms with van der Waals surface area (Å²) >= 11 is 3.74. The fraction of sp³-hybridized carbons (Fsp3) is 0. The molecule has 9 aromatic carbocycles. The molecule has 0 N–H and O–H groups in total. The monoisotopic (exact) mass is 824 g/mol. The Morgan fingerprint density at radius 1 is 0.371 bits per heavy atom. The molecule has 0 amide bonds. The Balaban J connectivity index is 1.01. The van der Waals surface area contributed by atoms with Crippen molar-refractivity contribution in [3.63, 3.8) is 0 Å². The van der Waals surface area contributed by atoms with Gasteiger partial charge in [0.1, 0.15) is 23.0 Å². The SMILES string of the molecule is c1ccc(-n2c3ccccc3c3c4c5c(cc32)Sc2ccccc2B5c2cc3c(cc2O4)Oc2cc4c(c5c2B3c2ccccc2S5)c2ccccc2n4-c2ccccc2)cc1. The number of hydrogen-bond acceptors (Lipinski definition) is 4. The average molecular weight is 825 g/mol. The van der Waals surface area contributed by atoms with Crippen molar-refractivity contribution >= 4 is 113 Å². The van der Waals surface area contributed by atoms with E-state index in [0.717, 1.165) is 56.3 Å². The van der Waals surface area contributed by atoms with Crippen molar-refractivity contribution in [1.82, 2.24) is 9.13 Å². The van der Waals surface area contributed by atoms with Gasteiger partial charge in [-0.2, -0.15) is 0 Å². The Morgan fingerprint density at radius 3 is 1.58 bits per heavy atom. The van der Waals surface area contributed by atoms with Crippen molar-refractivity contribution in [3.8, 4) is 34.4 Å². The molecular formula is C54H30B2N2O2S2. The van der Waals surface area contributed by atoms with E-state index in [1.165, 1.54) is 74.0 Å². The molecule has 286 valence electrons. The number of benzene rings is 9.